The zero-order valence-corrected chi connectivity index (χ0v) is 9.90. The van der Waals surface area contributed by atoms with E-state index in [1.165, 1.54) is 12.1 Å². The Bertz CT molecular complexity index is 606. The van der Waals surface area contributed by atoms with E-state index in [1.807, 2.05) is 4.90 Å². The molecule has 0 unspecified atom stereocenters. The fourth-order valence-corrected chi connectivity index (χ4v) is 2.30. The van der Waals surface area contributed by atoms with Gasteiger partial charge in [-0.2, -0.15) is 0 Å². The highest BCUT2D eigenvalue weighted by atomic mass is 19.1. The topological polar surface area (TPSA) is 33.2 Å². The van der Waals surface area contributed by atoms with Gasteiger partial charge in [-0.15, -0.1) is 0 Å². The second-order valence-electron chi connectivity index (χ2n) is 4.53. The maximum atomic E-state index is 13.0. The molecule has 1 amide bonds. The number of rotatable bonds is 1. The third-order valence-electron chi connectivity index (χ3n) is 3.26. The lowest BCUT2D eigenvalue weighted by atomic mass is 10.2. The summed E-state index contributed by atoms with van der Waals surface area (Å²) in [6, 6.07) is 7.80. The predicted molar refractivity (Wildman–Crippen MR) is 66.8 cm³/mol. The first-order valence-corrected chi connectivity index (χ1v) is 6.10. The first-order chi connectivity index (χ1) is 8.74. The van der Waals surface area contributed by atoms with Gasteiger partial charge in [0.15, 0.2) is 0 Å². The minimum Gasteiger partial charge on any atom is -0.337 e. The van der Waals surface area contributed by atoms with Gasteiger partial charge in [-0.25, -0.2) is 9.37 Å². The summed E-state index contributed by atoms with van der Waals surface area (Å²) in [5.74, 6) is -0.318. The Morgan fingerprint density at radius 3 is 2.72 bits per heavy atom. The molecule has 0 atom stereocenters. The molecule has 18 heavy (non-hydrogen) atoms. The summed E-state index contributed by atoms with van der Waals surface area (Å²) in [7, 11) is 0. The standard InChI is InChI=1S/C14H13FN2O/c15-11-4-6-12-10(9-11)3-5-13(16-12)14(18)17-7-1-2-8-17/h3-6,9H,1-2,7-8H2. The molecule has 0 spiro atoms. The number of likely N-dealkylation sites (tertiary alicyclic amines) is 1. The number of carbonyl (C=O) groups excluding carboxylic acids is 1. The molecule has 1 aromatic heterocycles. The fourth-order valence-electron chi connectivity index (χ4n) is 2.30. The van der Waals surface area contributed by atoms with Gasteiger partial charge in [0.2, 0.25) is 0 Å². The summed E-state index contributed by atoms with van der Waals surface area (Å²) in [6.07, 6.45) is 2.12. The second kappa shape index (κ2) is 4.37. The van der Waals surface area contributed by atoms with Crippen LogP contribution in [0, 0.1) is 5.82 Å². The molecule has 0 saturated carbocycles. The van der Waals surface area contributed by atoms with E-state index in [0.29, 0.717) is 16.6 Å². The number of carbonyl (C=O) groups is 1. The van der Waals surface area contributed by atoms with Crippen molar-refractivity contribution < 1.29 is 9.18 Å². The van der Waals surface area contributed by atoms with Crippen LogP contribution in [-0.2, 0) is 0 Å². The third-order valence-corrected chi connectivity index (χ3v) is 3.26. The number of halogens is 1. The van der Waals surface area contributed by atoms with Crippen molar-refractivity contribution in [2.75, 3.05) is 13.1 Å². The molecule has 4 heteroatoms. The second-order valence-corrected chi connectivity index (χ2v) is 4.53. The van der Waals surface area contributed by atoms with E-state index in [-0.39, 0.29) is 11.7 Å². The number of hydrogen-bond donors (Lipinski definition) is 0. The molecule has 1 aliphatic rings. The Morgan fingerprint density at radius 1 is 1.17 bits per heavy atom. The van der Waals surface area contributed by atoms with Crippen molar-refractivity contribution in [3.8, 4) is 0 Å². The van der Waals surface area contributed by atoms with E-state index < -0.39 is 0 Å². The van der Waals surface area contributed by atoms with Gasteiger partial charge in [0.1, 0.15) is 11.5 Å². The van der Waals surface area contributed by atoms with Crippen LogP contribution < -0.4 is 0 Å². The van der Waals surface area contributed by atoms with Gasteiger partial charge in [-0.05, 0) is 37.1 Å². The number of aromatic nitrogens is 1. The van der Waals surface area contributed by atoms with Gasteiger partial charge in [-0.1, -0.05) is 6.07 Å². The maximum Gasteiger partial charge on any atom is 0.272 e. The summed E-state index contributed by atoms with van der Waals surface area (Å²) in [4.78, 5) is 18.3. The van der Waals surface area contributed by atoms with Crippen molar-refractivity contribution in [1.29, 1.82) is 0 Å². The Hall–Kier alpha value is -1.97. The van der Waals surface area contributed by atoms with Crippen LogP contribution >= 0.6 is 0 Å². The van der Waals surface area contributed by atoms with Crippen molar-refractivity contribution in [3.05, 3.63) is 41.8 Å². The molecule has 3 rings (SSSR count). The van der Waals surface area contributed by atoms with E-state index in [4.69, 9.17) is 0 Å². The average molecular weight is 244 g/mol. The van der Waals surface area contributed by atoms with E-state index >= 15 is 0 Å². The Balaban J connectivity index is 1.97. The number of fused-ring (bicyclic) bond motifs is 1. The van der Waals surface area contributed by atoms with Crippen molar-refractivity contribution in [2.24, 2.45) is 0 Å². The summed E-state index contributed by atoms with van der Waals surface area (Å²) >= 11 is 0. The monoisotopic (exact) mass is 244 g/mol. The van der Waals surface area contributed by atoms with Crippen LogP contribution in [0.1, 0.15) is 23.3 Å². The largest absolute Gasteiger partial charge is 0.337 e. The molecule has 2 heterocycles. The smallest absolute Gasteiger partial charge is 0.272 e. The van der Waals surface area contributed by atoms with Crippen LogP contribution in [0.25, 0.3) is 10.9 Å². The third kappa shape index (κ3) is 1.94. The highest BCUT2D eigenvalue weighted by molar-refractivity contribution is 5.95. The minimum atomic E-state index is -0.289. The van der Waals surface area contributed by atoms with Crippen LogP contribution in [0.4, 0.5) is 4.39 Å². The zero-order valence-electron chi connectivity index (χ0n) is 9.90. The van der Waals surface area contributed by atoms with Crippen molar-refractivity contribution in [1.82, 2.24) is 9.88 Å². The lowest BCUT2D eigenvalue weighted by Gasteiger charge is -2.14. The van der Waals surface area contributed by atoms with Gasteiger partial charge >= 0.3 is 0 Å². The molecule has 1 fully saturated rings. The van der Waals surface area contributed by atoms with Gasteiger partial charge in [0, 0.05) is 18.5 Å². The number of hydrogen-bond acceptors (Lipinski definition) is 2. The molecule has 1 aliphatic heterocycles. The van der Waals surface area contributed by atoms with Crippen LogP contribution in [0.5, 0.6) is 0 Å². The summed E-state index contributed by atoms with van der Waals surface area (Å²) < 4.78 is 13.0. The molecule has 92 valence electrons. The van der Waals surface area contributed by atoms with Crippen molar-refractivity contribution >= 4 is 16.8 Å². The molecule has 3 nitrogen and oxygen atoms in total. The van der Waals surface area contributed by atoms with Crippen LogP contribution in [-0.4, -0.2) is 28.9 Å². The van der Waals surface area contributed by atoms with E-state index in [1.54, 1.807) is 18.2 Å². The normalized spacial score (nSPS) is 15.3. The number of benzene rings is 1. The zero-order chi connectivity index (χ0) is 12.5. The van der Waals surface area contributed by atoms with Gasteiger partial charge < -0.3 is 4.90 Å². The molecular formula is C14H13FN2O. The molecule has 1 saturated heterocycles. The Morgan fingerprint density at radius 2 is 1.94 bits per heavy atom. The molecule has 0 aliphatic carbocycles. The first kappa shape index (κ1) is 11.1. The molecule has 0 radical (unpaired) electrons. The average Bonchev–Trinajstić information content (AvgIpc) is 2.91. The highest BCUT2D eigenvalue weighted by Gasteiger charge is 2.20. The number of nitrogens with zero attached hydrogens (tertiary/aromatic N) is 2. The quantitative estimate of drug-likeness (QED) is 0.772. The molecule has 2 aromatic rings. The maximum absolute atomic E-state index is 13.0. The van der Waals surface area contributed by atoms with Crippen LogP contribution in [0.2, 0.25) is 0 Å². The molecular weight excluding hydrogens is 231 g/mol. The van der Waals surface area contributed by atoms with Crippen molar-refractivity contribution in [2.45, 2.75) is 12.8 Å². The van der Waals surface area contributed by atoms with Crippen molar-refractivity contribution in [3.63, 3.8) is 0 Å². The fraction of sp³-hybridized carbons (Fsp3) is 0.286. The molecule has 1 aromatic carbocycles. The minimum absolute atomic E-state index is 0.0290. The van der Waals surface area contributed by atoms with Crippen LogP contribution in [0.15, 0.2) is 30.3 Å². The SMILES string of the molecule is O=C(c1ccc2cc(F)ccc2n1)N1CCCC1. The van der Waals surface area contributed by atoms with E-state index in [2.05, 4.69) is 4.98 Å². The number of pyridine rings is 1. The Labute approximate surface area is 104 Å². The molecule has 0 bridgehead atoms. The Kier molecular flexibility index (Phi) is 2.70. The lowest BCUT2D eigenvalue weighted by molar-refractivity contribution is 0.0787. The van der Waals surface area contributed by atoms with Crippen LogP contribution in [0.3, 0.4) is 0 Å². The molecule has 0 N–H and O–H groups in total. The first-order valence-electron chi connectivity index (χ1n) is 6.10. The van der Waals surface area contributed by atoms with Gasteiger partial charge in [0.25, 0.3) is 5.91 Å². The summed E-state index contributed by atoms with van der Waals surface area (Å²) in [6.45, 7) is 1.62. The van der Waals surface area contributed by atoms with E-state index in [9.17, 15) is 9.18 Å². The van der Waals surface area contributed by atoms with Gasteiger partial charge in [-0.3, -0.25) is 4.79 Å². The van der Waals surface area contributed by atoms with Gasteiger partial charge in [0.05, 0.1) is 5.52 Å². The lowest BCUT2D eigenvalue weighted by Crippen LogP contribution is -2.28. The predicted octanol–water partition coefficient (Wildman–Crippen LogP) is 2.61. The highest BCUT2D eigenvalue weighted by Crippen LogP contribution is 2.17. The number of amides is 1. The summed E-state index contributed by atoms with van der Waals surface area (Å²) in [5, 5.41) is 0.716. The summed E-state index contributed by atoms with van der Waals surface area (Å²) in [5.41, 5.74) is 1.09. The van der Waals surface area contributed by atoms with E-state index in [0.717, 1.165) is 25.9 Å².